The smallest absolute Gasteiger partial charge is 0.311 e. The number of esters is 1. The predicted molar refractivity (Wildman–Crippen MR) is 102 cm³/mol. The number of carbonyl (C=O) groups excluding carboxylic acids is 3. The third-order valence-electron chi connectivity index (χ3n) is 4.45. The number of amides is 2. The minimum absolute atomic E-state index is 0.0595. The fraction of sp³-hybridized carbons (Fsp3) is 0.238. The van der Waals surface area contributed by atoms with E-state index in [-0.39, 0.29) is 18.9 Å². The quantitative estimate of drug-likeness (QED) is 0.807. The average molecular weight is 377 g/mol. The molecule has 2 aromatic carbocycles. The van der Waals surface area contributed by atoms with Crippen LogP contribution < -0.4 is 10.2 Å². The van der Waals surface area contributed by atoms with Crippen LogP contribution in [0.4, 0.5) is 11.4 Å². The molecule has 2 aromatic rings. The Balaban J connectivity index is 1.50. The van der Waals surface area contributed by atoms with Crippen LogP contribution in [0.5, 0.6) is 0 Å². The Morgan fingerprint density at radius 2 is 1.86 bits per heavy atom. The number of hydrogen-bond acceptors (Lipinski definition) is 5. The van der Waals surface area contributed by atoms with E-state index >= 15 is 0 Å². The second-order valence-corrected chi connectivity index (χ2v) is 6.59. The first-order chi connectivity index (χ1) is 13.5. The molecule has 0 saturated carbocycles. The van der Waals surface area contributed by atoms with Gasteiger partial charge in [0.1, 0.15) is 0 Å². The molecule has 7 heteroatoms. The lowest BCUT2D eigenvalue weighted by Gasteiger charge is -2.16. The Hall–Kier alpha value is -3.66. The van der Waals surface area contributed by atoms with Gasteiger partial charge in [-0.1, -0.05) is 17.7 Å². The largest absolute Gasteiger partial charge is 0.455 e. The summed E-state index contributed by atoms with van der Waals surface area (Å²) in [6.45, 7) is 1.75. The second kappa shape index (κ2) is 8.35. The maximum atomic E-state index is 12.2. The van der Waals surface area contributed by atoms with Gasteiger partial charge in [-0.05, 0) is 43.3 Å². The lowest BCUT2D eigenvalue weighted by Crippen LogP contribution is -2.28. The van der Waals surface area contributed by atoms with Crippen LogP contribution in [0.2, 0.25) is 0 Å². The van der Waals surface area contributed by atoms with Crippen LogP contribution in [0.1, 0.15) is 17.5 Å². The predicted octanol–water partition coefficient (Wildman–Crippen LogP) is 2.40. The molecule has 1 fully saturated rings. The van der Waals surface area contributed by atoms with Crippen molar-refractivity contribution < 1.29 is 19.1 Å². The van der Waals surface area contributed by atoms with Gasteiger partial charge in [-0.25, -0.2) is 0 Å². The summed E-state index contributed by atoms with van der Waals surface area (Å²) in [5, 5.41) is 11.3. The number of nitriles is 1. The first kappa shape index (κ1) is 19.1. The first-order valence-corrected chi connectivity index (χ1v) is 8.80. The Bertz CT molecular complexity index is 930. The molecule has 0 aromatic heterocycles. The van der Waals surface area contributed by atoms with Gasteiger partial charge in [0.25, 0.3) is 5.91 Å². The molecule has 1 N–H and O–H groups in total. The Labute approximate surface area is 162 Å². The van der Waals surface area contributed by atoms with Gasteiger partial charge in [-0.2, -0.15) is 5.26 Å². The number of carbonyl (C=O) groups is 3. The highest BCUT2D eigenvalue weighted by Crippen LogP contribution is 2.26. The van der Waals surface area contributed by atoms with Crippen LogP contribution in [0.3, 0.4) is 0 Å². The summed E-state index contributed by atoms with van der Waals surface area (Å²) in [5.74, 6) is -1.81. The molecule has 142 valence electrons. The van der Waals surface area contributed by atoms with Gasteiger partial charge in [-0.15, -0.1) is 0 Å². The van der Waals surface area contributed by atoms with Crippen LogP contribution >= 0.6 is 0 Å². The van der Waals surface area contributed by atoms with Crippen molar-refractivity contribution in [1.29, 1.82) is 5.26 Å². The van der Waals surface area contributed by atoms with E-state index < -0.39 is 24.4 Å². The van der Waals surface area contributed by atoms with Crippen LogP contribution in [0, 0.1) is 24.2 Å². The summed E-state index contributed by atoms with van der Waals surface area (Å²) in [5.41, 5.74) is 2.80. The van der Waals surface area contributed by atoms with E-state index in [1.165, 1.54) is 0 Å². The van der Waals surface area contributed by atoms with Crippen molar-refractivity contribution in [3.05, 3.63) is 59.7 Å². The fourth-order valence-corrected chi connectivity index (χ4v) is 2.92. The number of anilines is 2. The van der Waals surface area contributed by atoms with E-state index in [0.717, 1.165) is 11.3 Å². The monoisotopic (exact) mass is 377 g/mol. The van der Waals surface area contributed by atoms with Crippen molar-refractivity contribution in [2.45, 2.75) is 13.3 Å². The molecule has 3 rings (SSSR count). The normalized spacial score (nSPS) is 15.8. The van der Waals surface area contributed by atoms with Crippen molar-refractivity contribution in [2.75, 3.05) is 23.4 Å². The molecular weight excluding hydrogens is 358 g/mol. The van der Waals surface area contributed by atoms with Crippen molar-refractivity contribution in [1.82, 2.24) is 0 Å². The minimum atomic E-state index is -0.600. The molecular formula is C21H19N3O4. The SMILES string of the molecule is Cc1ccc(N2C[C@@H](C(=O)OCC(=O)Nc3ccc(C#N)cc3)CC2=O)cc1. The van der Waals surface area contributed by atoms with Crippen LogP contribution in [0.15, 0.2) is 48.5 Å². The molecule has 2 amide bonds. The van der Waals surface area contributed by atoms with E-state index in [1.807, 2.05) is 37.3 Å². The summed E-state index contributed by atoms with van der Waals surface area (Å²) >= 11 is 0. The van der Waals surface area contributed by atoms with Gasteiger partial charge in [0, 0.05) is 24.3 Å². The highest BCUT2D eigenvalue weighted by atomic mass is 16.5. The number of hydrogen-bond donors (Lipinski definition) is 1. The zero-order valence-electron chi connectivity index (χ0n) is 15.3. The third-order valence-corrected chi connectivity index (χ3v) is 4.45. The second-order valence-electron chi connectivity index (χ2n) is 6.59. The van der Waals surface area contributed by atoms with Gasteiger partial charge in [0.05, 0.1) is 17.6 Å². The van der Waals surface area contributed by atoms with Crippen molar-refractivity contribution in [2.24, 2.45) is 5.92 Å². The van der Waals surface area contributed by atoms with Crippen molar-refractivity contribution in [3.8, 4) is 6.07 Å². The molecule has 1 heterocycles. The molecule has 1 aliphatic rings. The van der Waals surface area contributed by atoms with E-state index in [1.54, 1.807) is 29.2 Å². The van der Waals surface area contributed by atoms with Gasteiger partial charge in [0.2, 0.25) is 5.91 Å². The number of rotatable bonds is 5. The number of benzene rings is 2. The standard InChI is InChI=1S/C21H19N3O4/c1-14-2-8-18(9-3-14)24-12-16(10-20(24)26)21(27)28-13-19(25)23-17-6-4-15(11-22)5-7-17/h2-9,16H,10,12-13H2,1H3,(H,23,25)/t16-/m0/s1. The zero-order valence-corrected chi connectivity index (χ0v) is 15.3. The molecule has 1 saturated heterocycles. The first-order valence-electron chi connectivity index (χ1n) is 8.80. The number of aryl methyl sites for hydroxylation is 1. The number of ether oxygens (including phenoxy) is 1. The van der Waals surface area contributed by atoms with Crippen molar-refractivity contribution >= 4 is 29.2 Å². The summed E-state index contributed by atoms with van der Waals surface area (Å²) in [7, 11) is 0. The van der Waals surface area contributed by atoms with E-state index in [0.29, 0.717) is 11.3 Å². The highest BCUT2D eigenvalue weighted by Gasteiger charge is 2.36. The molecule has 0 radical (unpaired) electrons. The average Bonchev–Trinajstić information content (AvgIpc) is 3.09. The van der Waals surface area contributed by atoms with Gasteiger partial charge in [0.15, 0.2) is 6.61 Å². The van der Waals surface area contributed by atoms with E-state index in [4.69, 9.17) is 10.00 Å². The minimum Gasteiger partial charge on any atom is -0.455 e. The molecule has 0 spiro atoms. The summed E-state index contributed by atoms with van der Waals surface area (Å²) in [6, 6.07) is 15.8. The summed E-state index contributed by atoms with van der Waals surface area (Å²) in [4.78, 5) is 38.0. The van der Waals surface area contributed by atoms with Crippen LogP contribution in [-0.4, -0.2) is 30.9 Å². The Morgan fingerprint density at radius 1 is 1.18 bits per heavy atom. The maximum absolute atomic E-state index is 12.2. The number of nitrogens with zero attached hydrogens (tertiary/aromatic N) is 2. The third kappa shape index (κ3) is 4.54. The van der Waals surface area contributed by atoms with Gasteiger partial charge >= 0.3 is 5.97 Å². The fourth-order valence-electron chi connectivity index (χ4n) is 2.92. The van der Waals surface area contributed by atoms with Crippen LogP contribution in [0.25, 0.3) is 0 Å². The zero-order chi connectivity index (χ0) is 20.1. The summed E-state index contributed by atoms with van der Waals surface area (Å²) in [6.07, 6.45) is 0.0595. The van der Waals surface area contributed by atoms with Crippen molar-refractivity contribution in [3.63, 3.8) is 0 Å². The lowest BCUT2D eigenvalue weighted by molar-refractivity contribution is -0.151. The van der Waals surface area contributed by atoms with E-state index in [2.05, 4.69) is 5.32 Å². The maximum Gasteiger partial charge on any atom is 0.311 e. The highest BCUT2D eigenvalue weighted by molar-refractivity contribution is 6.00. The van der Waals surface area contributed by atoms with Gasteiger partial charge in [-0.3, -0.25) is 14.4 Å². The molecule has 0 bridgehead atoms. The van der Waals surface area contributed by atoms with Gasteiger partial charge < -0.3 is 15.0 Å². The number of nitrogens with one attached hydrogen (secondary N) is 1. The molecule has 1 atom stereocenters. The van der Waals surface area contributed by atoms with Crippen LogP contribution in [-0.2, 0) is 19.1 Å². The molecule has 1 aliphatic heterocycles. The topological polar surface area (TPSA) is 99.5 Å². The summed E-state index contributed by atoms with van der Waals surface area (Å²) < 4.78 is 5.07. The Morgan fingerprint density at radius 3 is 2.50 bits per heavy atom. The van der Waals surface area contributed by atoms with E-state index in [9.17, 15) is 14.4 Å². The molecule has 0 unspecified atom stereocenters. The molecule has 0 aliphatic carbocycles. The lowest BCUT2D eigenvalue weighted by atomic mass is 10.1. The molecule has 28 heavy (non-hydrogen) atoms. The Kier molecular flexibility index (Phi) is 5.70. The molecule has 7 nitrogen and oxygen atoms in total.